The lowest BCUT2D eigenvalue weighted by Gasteiger charge is -2.49. The van der Waals surface area contributed by atoms with Crippen LogP contribution in [0.4, 0.5) is 20.2 Å². The number of allylic oxidation sites excluding steroid dienone is 46. The van der Waals surface area contributed by atoms with Crippen molar-refractivity contribution in [1.29, 1.82) is 0 Å². The minimum atomic E-state index is -2.55. The van der Waals surface area contributed by atoms with E-state index in [1.807, 2.05) is 17.3 Å². The molecule has 1 saturated carbocycles. The fraction of sp³-hybridized carbons (Fsp3) is 0.333. The Bertz CT molecular complexity index is 4930. The van der Waals surface area contributed by atoms with Gasteiger partial charge in [-0.15, -0.1) is 13.2 Å². The Balaban J connectivity index is 0.743. The zero-order valence-electron chi connectivity index (χ0n) is 62.1. The summed E-state index contributed by atoms with van der Waals surface area (Å²) in [6, 6.07) is 28.1. The highest BCUT2D eigenvalue weighted by atomic mass is 28.3. The molecular weight excluding hydrogens is 1320 g/mol. The van der Waals surface area contributed by atoms with Crippen molar-refractivity contribution in [2.24, 2.45) is 64.6 Å². The molecule has 0 amide bonds. The van der Waals surface area contributed by atoms with Crippen LogP contribution in [0.3, 0.4) is 0 Å². The molecule has 0 bridgehead atoms. The molecule has 19 rings (SSSR count). The van der Waals surface area contributed by atoms with E-state index in [9.17, 15) is 0 Å². The molecule has 16 aliphatic rings. The number of anilines is 2. The van der Waals surface area contributed by atoms with E-state index >= 15 is 8.78 Å². The summed E-state index contributed by atoms with van der Waals surface area (Å²) in [6.45, 7) is 8.23. The standard InChI is InChI=1S/C102H102F2N2Si/c1-3-69-33-37-71(38-34-69)73-41-45-75(46-42-73)101(77-49-53-79(103)54-50-77)95-31-19-17-29-89(95)91-61-57-85(67-97(91)101)105(81-21-9-5-10-22-81)83-59-63-99-93(65-83)94-66-84(60-64-100(94)107(99,87-25-13-7-14-26-87)88-27-15-8-16-28-88)106(82-23-11-6-12-24-82)86-58-62-92-90-30-18-20-32-96(90)102(98(92)68-86,78-51-55-80(104)56-52-78)76-47-43-74(44-48-76)72-39-35-70(4-2)36-40-72/h3-7,9-11,13,15,17-23,27-33,35,37-41,43,47-49,51,53-55,57-59,61-63,65-67,69-70,74-75,77,86-87,90,92-93,96,98-99H,1-2,8,12,14,16,24-26,34,36,42,44-46,50,52,56,60,64,68H2. The third-order valence-corrected chi connectivity index (χ3v) is 35.0. The van der Waals surface area contributed by atoms with Gasteiger partial charge in [0.05, 0.1) is 6.04 Å². The van der Waals surface area contributed by atoms with Gasteiger partial charge in [0.2, 0.25) is 0 Å². The molecule has 1 heterocycles. The number of hydrogen-bond donors (Lipinski definition) is 0. The highest BCUT2D eigenvalue weighted by molar-refractivity contribution is 6.97. The molecule has 16 unspecified atom stereocenters. The molecule has 16 atom stereocenters. The Morgan fingerprint density at radius 1 is 0.551 bits per heavy atom. The highest BCUT2D eigenvalue weighted by Crippen LogP contribution is 2.70. The SMILES string of the molecule is C=CC1C=CC(C2=CCC(C3(C4C=CC(F)=CC4)c4ccccc4-c4ccc(N(C5=CC6C7=C(CCC(N(C8=CC=CCC8)C8C=CC9C%10C=CC=CC%10C(C%10=CCC(C%11=CCC(C=C)C=C%11)C=C%10)(C%10=CC=C(F)CC%10)C9C8)=C7)[Si](C7=CCCC=C7)(C7CC=CCC7)C6C=C5)c5ccccc5)cc43)CC2)=CC1. The molecule has 1 fully saturated rings. The van der Waals surface area contributed by atoms with Gasteiger partial charge in [-0.25, -0.2) is 8.78 Å². The number of hydrogen-bond acceptors (Lipinski definition) is 2. The van der Waals surface area contributed by atoms with Crippen LogP contribution in [0, 0.1) is 64.6 Å². The number of fused-ring (bicyclic) bond motifs is 8. The van der Waals surface area contributed by atoms with Crippen molar-refractivity contribution in [2.45, 2.75) is 145 Å². The normalized spacial score (nSPS) is 34.6. The molecule has 1 aliphatic heterocycles. The largest absolute Gasteiger partial charge is 0.342 e. The third-order valence-electron chi connectivity index (χ3n) is 28.7. The number of para-hydroxylation sites is 1. The predicted octanol–water partition coefficient (Wildman–Crippen LogP) is 26.5. The molecule has 2 nitrogen and oxygen atoms in total. The molecular formula is C102H102F2N2Si. The van der Waals surface area contributed by atoms with Gasteiger partial charge in [-0.05, 0) is 285 Å². The summed E-state index contributed by atoms with van der Waals surface area (Å²) in [5.41, 5.74) is 20.7. The first kappa shape index (κ1) is 68.4. The smallest absolute Gasteiger partial charge is 0.124 e. The Hall–Kier alpha value is -9.16. The van der Waals surface area contributed by atoms with E-state index in [-0.39, 0.29) is 52.7 Å². The van der Waals surface area contributed by atoms with Crippen LogP contribution in [0.5, 0.6) is 0 Å². The van der Waals surface area contributed by atoms with Crippen LogP contribution in [-0.4, -0.2) is 19.0 Å². The lowest BCUT2D eigenvalue weighted by molar-refractivity contribution is 0.178. The van der Waals surface area contributed by atoms with Gasteiger partial charge in [0, 0.05) is 57.6 Å². The maximum atomic E-state index is 15.6. The first-order valence-corrected chi connectivity index (χ1v) is 43.2. The molecule has 107 heavy (non-hydrogen) atoms. The van der Waals surface area contributed by atoms with Crippen LogP contribution < -0.4 is 4.90 Å². The van der Waals surface area contributed by atoms with Gasteiger partial charge in [-0.3, -0.25) is 0 Å². The summed E-state index contributed by atoms with van der Waals surface area (Å²) in [5, 5.41) is 3.49. The predicted molar refractivity (Wildman–Crippen MR) is 444 cm³/mol. The van der Waals surface area contributed by atoms with Crippen LogP contribution in [0.15, 0.2) is 371 Å². The Labute approximate surface area is 636 Å². The average molecular weight is 1420 g/mol. The first-order valence-electron chi connectivity index (χ1n) is 41.1. The molecule has 3 aromatic carbocycles. The number of rotatable bonds is 16. The number of nitrogens with zero attached hydrogens (tertiary/aromatic N) is 2. The van der Waals surface area contributed by atoms with E-state index < -0.39 is 13.5 Å². The first-order chi connectivity index (χ1) is 52.7. The van der Waals surface area contributed by atoms with Crippen LogP contribution in [0.2, 0.25) is 11.1 Å². The summed E-state index contributed by atoms with van der Waals surface area (Å²) in [7, 11) is -2.55. The molecule has 0 saturated heterocycles. The summed E-state index contributed by atoms with van der Waals surface area (Å²) in [6.07, 6.45) is 103. The minimum absolute atomic E-state index is 0.00384. The fourth-order valence-corrected chi connectivity index (χ4v) is 31.3. The molecule has 3 aromatic rings. The van der Waals surface area contributed by atoms with Crippen LogP contribution in [0.1, 0.15) is 133 Å². The summed E-state index contributed by atoms with van der Waals surface area (Å²) < 4.78 is 31.2. The molecule has 0 spiro atoms. The zero-order valence-corrected chi connectivity index (χ0v) is 63.1. The molecule has 0 aromatic heterocycles. The topological polar surface area (TPSA) is 6.48 Å². The monoisotopic (exact) mass is 1420 g/mol. The summed E-state index contributed by atoms with van der Waals surface area (Å²) in [4.78, 5) is 5.51. The van der Waals surface area contributed by atoms with Crippen molar-refractivity contribution in [2.75, 3.05) is 4.90 Å². The molecule has 0 radical (unpaired) electrons. The average Bonchev–Trinajstić information content (AvgIpc) is 1.56. The van der Waals surface area contributed by atoms with Gasteiger partial charge < -0.3 is 9.80 Å². The van der Waals surface area contributed by atoms with Crippen molar-refractivity contribution < 1.29 is 8.78 Å². The van der Waals surface area contributed by atoms with Crippen LogP contribution >= 0.6 is 0 Å². The third kappa shape index (κ3) is 11.4. The fourth-order valence-electron chi connectivity index (χ4n) is 24.1. The van der Waals surface area contributed by atoms with Crippen molar-refractivity contribution in [1.82, 2.24) is 4.90 Å². The van der Waals surface area contributed by atoms with Crippen LogP contribution in [0.25, 0.3) is 11.1 Å². The summed E-state index contributed by atoms with van der Waals surface area (Å²) in [5.74, 6) is 2.68. The second-order valence-corrected chi connectivity index (χ2v) is 37.9. The summed E-state index contributed by atoms with van der Waals surface area (Å²) >= 11 is 0. The van der Waals surface area contributed by atoms with Gasteiger partial charge in [0.25, 0.3) is 0 Å². The van der Waals surface area contributed by atoms with Crippen molar-refractivity contribution in [3.8, 4) is 11.1 Å². The van der Waals surface area contributed by atoms with Gasteiger partial charge >= 0.3 is 0 Å². The second-order valence-electron chi connectivity index (χ2n) is 33.5. The van der Waals surface area contributed by atoms with E-state index in [2.05, 4.69) is 290 Å². The minimum Gasteiger partial charge on any atom is -0.342 e. The van der Waals surface area contributed by atoms with E-state index in [0.29, 0.717) is 53.5 Å². The van der Waals surface area contributed by atoms with Crippen molar-refractivity contribution in [3.63, 3.8) is 0 Å². The lowest BCUT2D eigenvalue weighted by atomic mass is 9.56. The molecule has 0 N–H and O–H groups in total. The Morgan fingerprint density at radius 3 is 2.17 bits per heavy atom. The van der Waals surface area contributed by atoms with Gasteiger partial charge in [0.1, 0.15) is 19.7 Å². The van der Waals surface area contributed by atoms with Gasteiger partial charge in [-0.2, -0.15) is 0 Å². The zero-order chi connectivity index (χ0) is 71.8. The Kier molecular flexibility index (Phi) is 18.2. The maximum absolute atomic E-state index is 15.6. The van der Waals surface area contributed by atoms with Crippen LogP contribution in [-0.2, 0) is 5.41 Å². The maximum Gasteiger partial charge on any atom is 0.124 e. The number of benzene rings is 3. The van der Waals surface area contributed by atoms with Gasteiger partial charge in [-0.1, -0.05) is 241 Å². The van der Waals surface area contributed by atoms with E-state index in [1.165, 1.54) is 79.3 Å². The van der Waals surface area contributed by atoms with Gasteiger partial charge in [0.15, 0.2) is 0 Å². The number of halogens is 2. The van der Waals surface area contributed by atoms with E-state index in [0.717, 1.165) is 108 Å². The molecule has 15 aliphatic carbocycles. The quantitative estimate of drug-likeness (QED) is 0.104. The van der Waals surface area contributed by atoms with E-state index in [1.54, 1.807) is 16.8 Å². The highest BCUT2D eigenvalue weighted by Gasteiger charge is 2.64. The second kappa shape index (κ2) is 28.4. The van der Waals surface area contributed by atoms with Crippen molar-refractivity contribution >= 4 is 19.4 Å². The van der Waals surface area contributed by atoms with Crippen molar-refractivity contribution in [3.05, 3.63) is 382 Å². The lowest BCUT2D eigenvalue weighted by Crippen LogP contribution is -2.48. The molecule has 538 valence electrons. The van der Waals surface area contributed by atoms with E-state index in [4.69, 9.17) is 0 Å². The molecule has 5 heteroatoms. The Morgan fingerprint density at radius 2 is 1.42 bits per heavy atom.